The van der Waals surface area contributed by atoms with E-state index in [1.807, 2.05) is 0 Å². The van der Waals surface area contributed by atoms with E-state index >= 15 is 0 Å². The molecule has 2 aromatic rings. The van der Waals surface area contributed by atoms with Gasteiger partial charge in [-0.1, -0.05) is 18.2 Å². The summed E-state index contributed by atoms with van der Waals surface area (Å²) in [7, 11) is 0. The minimum absolute atomic E-state index is 0.112. The molecular weight excluding hydrogens is 439 g/mol. The molecule has 2 N–H and O–H groups in total. The van der Waals surface area contributed by atoms with E-state index in [1.54, 1.807) is 36.4 Å². The number of halogens is 3. The van der Waals surface area contributed by atoms with Gasteiger partial charge in [-0.3, -0.25) is 14.4 Å². The standard InChI is InChI=1S/C23H24F3N3O4/c1-2-29(22(32)23(24,25)26)14-15-6-3-8-17(12-15)27-20(30)16-7-4-9-18(13-16)28-21(31)19-10-5-11-33-19/h3-4,6-9,12-13,19H,2,5,10-11,14H2,1H3,(H,27,30)(H,28,31). The number of ether oxygens (including phenoxy) is 1. The first kappa shape index (κ1) is 24.2. The molecule has 0 bridgehead atoms. The maximum Gasteiger partial charge on any atom is 0.471 e. The lowest BCUT2D eigenvalue weighted by molar-refractivity contribution is -0.185. The zero-order valence-corrected chi connectivity index (χ0v) is 17.9. The highest BCUT2D eigenvalue weighted by Gasteiger charge is 2.41. The zero-order chi connectivity index (χ0) is 24.0. The van der Waals surface area contributed by atoms with Crippen LogP contribution in [0.15, 0.2) is 48.5 Å². The third-order valence-corrected chi connectivity index (χ3v) is 5.08. The van der Waals surface area contributed by atoms with E-state index in [0.29, 0.717) is 34.9 Å². The second-order valence-electron chi connectivity index (χ2n) is 7.54. The zero-order valence-electron chi connectivity index (χ0n) is 17.9. The first-order chi connectivity index (χ1) is 15.7. The summed E-state index contributed by atoms with van der Waals surface area (Å²) in [5.41, 5.74) is 1.53. The monoisotopic (exact) mass is 463 g/mol. The molecule has 3 rings (SSSR count). The summed E-state index contributed by atoms with van der Waals surface area (Å²) in [6.07, 6.45) is -3.99. The van der Waals surface area contributed by atoms with Crippen LogP contribution in [0.3, 0.4) is 0 Å². The highest BCUT2D eigenvalue weighted by atomic mass is 19.4. The number of benzene rings is 2. The summed E-state index contributed by atoms with van der Waals surface area (Å²) >= 11 is 0. The van der Waals surface area contributed by atoms with Gasteiger partial charge in [0, 0.05) is 36.6 Å². The Balaban J connectivity index is 1.66. The summed E-state index contributed by atoms with van der Waals surface area (Å²) in [6, 6.07) is 12.6. The van der Waals surface area contributed by atoms with Crippen molar-refractivity contribution < 1.29 is 32.3 Å². The van der Waals surface area contributed by atoms with Crippen LogP contribution in [0.25, 0.3) is 0 Å². The lowest BCUT2D eigenvalue weighted by atomic mass is 10.1. The lowest BCUT2D eigenvalue weighted by Crippen LogP contribution is -2.40. The van der Waals surface area contributed by atoms with Crippen molar-refractivity contribution in [2.75, 3.05) is 23.8 Å². The molecular formula is C23H24F3N3O4. The summed E-state index contributed by atoms with van der Waals surface area (Å²) in [4.78, 5) is 37.1. The average molecular weight is 463 g/mol. The highest BCUT2D eigenvalue weighted by Crippen LogP contribution is 2.21. The number of rotatable bonds is 7. The molecule has 1 heterocycles. The van der Waals surface area contributed by atoms with Gasteiger partial charge in [-0.2, -0.15) is 13.2 Å². The van der Waals surface area contributed by atoms with Crippen molar-refractivity contribution in [2.45, 2.75) is 38.6 Å². The maximum absolute atomic E-state index is 12.7. The minimum Gasteiger partial charge on any atom is -0.368 e. The minimum atomic E-state index is -4.95. The number of nitrogens with zero attached hydrogens (tertiary/aromatic N) is 1. The van der Waals surface area contributed by atoms with Gasteiger partial charge in [-0.15, -0.1) is 0 Å². The molecule has 1 aliphatic rings. The maximum atomic E-state index is 12.7. The Kier molecular flexibility index (Phi) is 7.70. The number of carbonyl (C=O) groups excluding carboxylic acids is 3. The Morgan fingerprint density at radius 3 is 2.39 bits per heavy atom. The van der Waals surface area contributed by atoms with E-state index in [0.717, 1.165) is 6.42 Å². The van der Waals surface area contributed by atoms with Crippen LogP contribution in [0.1, 0.15) is 35.7 Å². The molecule has 0 aliphatic carbocycles. The Labute approximate surface area is 188 Å². The SMILES string of the molecule is CCN(Cc1cccc(NC(=O)c2cccc(NC(=O)C3CCCO3)c2)c1)C(=O)C(F)(F)F. The van der Waals surface area contributed by atoms with Crippen molar-refractivity contribution in [1.29, 1.82) is 0 Å². The van der Waals surface area contributed by atoms with E-state index < -0.39 is 24.1 Å². The van der Waals surface area contributed by atoms with Crippen molar-refractivity contribution in [3.8, 4) is 0 Å². The van der Waals surface area contributed by atoms with Gasteiger partial charge in [-0.25, -0.2) is 0 Å². The Morgan fingerprint density at radius 2 is 1.76 bits per heavy atom. The van der Waals surface area contributed by atoms with Crippen LogP contribution in [0, 0.1) is 0 Å². The molecule has 176 valence electrons. The smallest absolute Gasteiger partial charge is 0.368 e. The predicted octanol–water partition coefficient (Wildman–Crippen LogP) is 3.97. The van der Waals surface area contributed by atoms with Gasteiger partial charge in [0.2, 0.25) is 0 Å². The number of hydrogen-bond donors (Lipinski definition) is 2. The molecule has 1 saturated heterocycles. The van der Waals surface area contributed by atoms with Crippen molar-refractivity contribution in [3.05, 3.63) is 59.7 Å². The molecule has 0 spiro atoms. The second kappa shape index (κ2) is 10.5. The van der Waals surface area contributed by atoms with Crippen LogP contribution in [0.4, 0.5) is 24.5 Å². The molecule has 33 heavy (non-hydrogen) atoms. The number of hydrogen-bond acceptors (Lipinski definition) is 4. The normalized spacial score (nSPS) is 15.7. The molecule has 1 fully saturated rings. The third kappa shape index (κ3) is 6.55. The molecule has 0 aromatic heterocycles. The van der Waals surface area contributed by atoms with Gasteiger partial charge >= 0.3 is 12.1 Å². The van der Waals surface area contributed by atoms with E-state index in [9.17, 15) is 27.6 Å². The Bertz CT molecular complexity index is 1020. The van der Waals surface area contributed by atoms with E-state index in [4.69, 9.17) is 4.74 Å². The van der Waals surface area contributed by atoms with Crippen molar-refractivity contribution in [2.24, 2.45) is 0 Å². The van der Waals surface area contributed by atoms with Crippen LogP contribution in [-0.2, 0) is 20.9 Å². The van der Waals surface area contributed by atoms with Crippen molar-refractivity contribution in [1.82, 2.24) is 4.90 Å². The van der Waals surface area contributed by atoms with Gasteiger partial charge in [0.25, 0.3) is 11.8 Å². The summed E-state index contributed by atoms with van der Waals surface area (Å²) in [5, 5.41) is 5.41. The Morgan fingerprint density at radius 1 is 1.06 bits per heavy atom. The van der Waals surface area contributed by atoms with Gasteiger partial charge in [0.05, 0.1) is 0 Å². The largest absolute Gasteiger partial charge is 0.471 e. The predicted molar refractivity (Wildman–Crippen MR) is 116 cm³/mol. The van der Waals surface area contributed by atoms with Crippen molar-refractivity contribution >= 4 is 29.1 Å². The van der Waals surface area contributed by atoms with Crippen molar-refractivity contribution in [3.63, 3.8) is 0 Å². The summed E-state index contributed by atoms with van der Waals surface area (Å²) in [6.45, 7) is 1.64. The highest BCUT2D eigenvalue weighted by molar-refractivity contribution is 6.05. The molecule has 1 atom stereocenters. The summed E-state index contributed by atoms with van der Waals surface area (Å²) < 4.78 is 43.6. The molecule has 0 saturated carbocycles. The number of alkyl halides is 3. The van der Waals surface area contributed by atoms with Gasteiger partial charge in [-0.05, 0) is 55.7 Å². The van der Waals surface area contributed by atoms with E-state index in [2.05, 4.69) is 10.6 Å². The third-order valence-electron chi connectivity index (χ3n) is 5.08. The van der Waals surface area contributed by atoms with E-state index in [-0.39, 0.29) is 24.6 Å². The number of carbonyl (C=O) groups is 3. The van der Waals surface area contributed by atoms with Crippen LogP contribution in [0.2, 0.25) is 0 Å². The fourth-order valence-corrected chi connectivity index (χ4v) is 3.42. The molecule has 2 aromatic carbocycles. The lowest BCUT2D eigenvalue weighted by Gasteiger charge is -2.22. The van der Waals surface area contributed by atoms with Gasteiger partial charge in [0.1, 0.15) is 6.10 Å². The van der Waals surface area contributed by atoms with Crippen LogP contribution < -0.4 is 10.6 Å². The molecule has 0 radical (unpaired) electrons. The summed E-state index contributed by atoms with van der Waals surface area (Å²) in [5.74, 6) is -2.65. The van der Waals surface area contributed by atoms with Crippen LogP contribution in [0.5, 0.6) is 0 Å². The second-order valence-corrected chi connectivity index (χ2v) is 7.54. The van der Waals surface area contributed by atoms with Crippen LogP contribution in [-0.4, -0.2) is 48.1 Å². The number of nitrogens with one attached hydrogen (secondary N) is 2. The Hall–Kier alpha value is -3.40. The average Bonchev–Trinajstić information content (AvgIpc) is 3.32. The fraction of sp³-hybridized carbons (Fsp3) is 0.348. The molecule has 7 nitrogen and oxygen atoms in total. The van der Waals surface area contributed by atoms with Crippen LogP contribution >= 0.6 is 0 Å². The van der Waals surface area contributed by atoms with E-state index in [1.165, 1.54) is 19.1 Å². The number of anilines is 2. The molecule has 10 heteroatoms. The quantitative estimate of drug-likeness (QED) is 0.651. The van der Waals surface area contributed by atoms with Gasteiger partial charge in [0.15, 0.2) is 0 Å². The fourth-order valence-electron chi connectivity index (χ4n) is 3.42. The first-order valence-electron chi connectivity index (χ1n) is 10.5. The first-order valence-corrected chi connectivity index (χ1v) is 10.5. The molecule has 3 amide bonds. The number of amides is 3. The van der Waals surface area contributed by atoms with Gasteiger partial charge < -0.3 is 20.3 Å². The molecule has 1 aliphatic heterocycles. The topological polar surface area (TPSA) is 87.7 Å². The molecule has 1 unspecified atom stereocenters.